The quantitative estimate of drug-likeness (QED) is 0.735. The molecule has 1 aromatic heterocycles. The van der Waals surface area contributed by atoms with Crippen LogP contribution in [0.2, 0.25) is 5.02 Å². The molecule has 7 nitrogen and oxygen atoms in total. The van der Waals surface area contributed by atoms with E-state index in [0.29, 0.717) is 30.4 Å². The van der Waals surface area contributed by atoms with Crippen molar-refractivity contribution in [2.45, 2.75) is 45.1 Å². The van der Waals surface area contributed by atoms with Gasteiger partial charge in [-0.3, -0.25) is 4.79 Å². The zero-order chi connectivity index (χ0) is 18.4. The van der Waals surface area contributed by atoms with Gasteiger partial charge in [-0.05, 0) is 37.7 Å². The van der Waals surface area contributed by atoms with Crippen LogP contribution >= 0.6 is 11.6 Å². The molecule has 138 valence electrons. The second-order valence-corrected chi connectivity index (χ2v) is 6.48. The average molecular weight is 370 g/mol. The number of pyridine rings is 1. The Morgan fingerprint density at radius 1 is 1.32 bits per heavy atom. The number of likely N-dealkylation sites (N-methyl/N-ethyl adjacent to an activating group) is 1. The second-order valence-electron chi connectivity index (χ2n) is 6.07. The number of halogens is 1. The molecule has 8 heteroatoms. The highest BCUT2D eigenvalue weighted by Crippen LogP contribution is 2.31. The van der Waals surface area contributed by atoms with Crippen LogP contribution in [0.15, 0.2) is 12.1 Å². The minimum Gasteiger partial charge on any atom is -0.476 e. The third-order valence-electron chi connectivity index (χ3n) is 4.35. The fraction of sp³-hybridized carbons (Fsp3) is 0.588. The number of nitrogens with one attached hydrogen (secondary N) is 2. The minimum atomic E-state index is -1.02. The van der Waals surface area contributed by atoms with Gasteiger partial charge in [0.05, 0.1) is 6.61 Å². The molecule has 1 aromatic rings. The van der Waals surface area contributed by atoms with E-state index in [9.17, 15) is 9.59 Å². The van der Waals surface area contributed by atoms with Gasteiger partial charge in [0, 0.05) is 13.1 Å². The summed E-state index contributed by atoms with van der Waals surface area (Å²) in [4.78, 5) is 28.4. The number of hydrogen-bond acceptors (Lipinski definition) is 5. The Bertz CT molecular complexity index is 630. The van der Waals surface area contributed by atoms with Crippen molar-refractivity contribution in [1.29, 1.82) is 0 Å². The van der Waals surface area contributed by atoms with Crippen LogP contribution in [0.5, 0.6) is 11.8 Å². The molecule has 2 amide bonds. The van der Waals surface area contributed by atoms with E-state index in [-0.39, 0.29) is 17.7 Å². The summed E-state index contributed by atoms with van der Waals surface area (Å²) >= 11 is 6.05. The van der Waals surface area contributed by atoms with Gasteiger partial charge in [-0.1, -0.05) is 25.4 Å². The van der Waals surface area contributed by atoms with E-state index in [1.54, 1.807) is 6.07 Å². The summed E-state index contributed by atoms with van der Waals surface area (Å²) in [6.45, 7) is 4.20. The molecule has 0 spiro atoms. The summed E-state index contributed by atoms with van der Waals surface area (Å²) < 4.78 is 10.8. The van der Waals surface area contributed by atoms with Crippen molar-refractivity contribution in [3.63, 3.8) is 0 Å². The van der Waals surface area contributed by atoms with Crippen molar-refractivity contribution in [2.75, 3.05) is 13.7 Å². The first-order chi connectivity index (χ1) is 11.9. The third-order valence-corrected chi connectivity index (χ3v) is 4.64. The highest BCUT2D eigenvalue weighted by atomic mass is 35.5. The summed E-state index contributed by atoms with van der Waals surface area (Å²) in [5.41, 5.74) is -1.02. The van der Waals surface area contributed by atoms with Crippen LogP contribution < -0.4 is 20.1 Å². The molecule has 1 saturated carbocycles. The molecule has 0 bridgehead atoms. The Kier molecular flexibility index (Phi) is 6.47. The van der Waals surface area contributed by atoms with E-state index in [0.717, 1.165) is 12.8 Å². The third kappa shape index (κ3) is 4.98. The smallest absolute Gasteiger partial charge is 0.414 e. The topological polar surface area (TPSA) is 89.6 Å². The van der Waals surface area contributed by atoms with Crippen molar-refractivity contribution in [2.24, 2.45) is 5.92 Å². The lowest BCUT2D eigenvalue weighted by Crippen LogP contribution is -2.58. The van der Waals surface area contributed by atoms with Gasteiger partial charge in [0.15, 0.2) is 0 Å². The summed E-state index contributed by atoms with van der Waals surface area (Å²) in [5.74, 6) is 0.577. The Morgan fingerprint density at radius 2 is 2.00 bits per heavy atom. The molecule has 0 aromatic carbocycles. The molecule has 2 N–H and O–H groups in total. The van der Waals surface area contributed by atoms with Crippen molar-refractivity contribution in [1.82, 2.24) is 15.6 Å². The highest BCUT2D eigenvalue weighted by Gasteiger charge is 2.36. The Labute approximate surface area is 152 Å². The van der Waals surface area contributed by atoms with Crippen LogP contribution in [0, 0.1) is 5.92 Å². The first kappa shape index (κ1) is 19.3. The standard InChI is InChI=1S/C17H24ClN3O4/c1-4-17(5-2,15(22)19-3)21-16(23)25-13-9-8-12(18)14(20-13)24-10-11-6-7-11/h8-9,11H,4-7,10H2,1-3H3,(H,19,22)(H,21,23). The first-order valence-corrected chi connectivity index (χ1v) is 8.83. The zero-order valence-electron chi connectivity index (χ0n) is 14.7. The second kappa shape index (κ2) is 8.38. The van der Waals surface area contributed by atoms with Gasteiger partial charge in [0.1, 0.15) is 10.6 Å². The predicted molar refractivity (Wildman–Crippen MR) is 94.0 cm³/mol. The van der Waals surface area contributed by atoms with Crippen molar-refractivity contribution in [3.8, 4) is 11.8 Å². The molecule has 0 atom stereocenters. The maximum absolute atomic E-state index is 12.2. The first-order valence-electron chi connectivity index (χ1n) is 8.45. The van der Waals surface area contributed by atoms with Gasteiger partial charge < -0.3 is 20.1 Å². The van der Waals surface area contributed by atoms with E-state index >= 15 is 0 Å². The van der Waals surface area contributed by atoms with Gasteiger partial charge >= 0.3 is 6.09 Å². The van der Waals surface area contributed by atoms with Crippen LogP contribution in [0.1, 0.15) is 39.5 Å². The molecule has 2 rings (SSSR count). The van der Waals surface area contributed by atoms with Crippen LogP contribution in [-0.2, 0) is 4.79 Å². The van der Waals surface area contributed by atoms with Crippen LogP contribution in [-0.4, -0.2) is 36.2 Å². The molecular weight excluding hydrogens is 346 g/mol. The molecule has 0 unspecified atom stereocenters. The lowest BCUT2D eigenvalue weighted by atomic mass is 9.92. The number of carbonyl (C=O) groups excluding carboxylic acids is 2. The summed E-state index contributed by atoms with van der Waals surface area (Å²) in [5, 5.41) is 5.56. The Balaban J connectivity index is 2.03. The highest BCUT2D eigenvalue weighted by molar-refractivity contribution is 6.31. The predicted octanol–water partition coefficient (Wildman–Crippen LogP) is 2.92. The normalized spacial score (nSPS) is 13.9. The number of rotatable bonds is 8. The van der Waals surface area contributed by atoms with Crippen molar-refractivity contribution >= 4 is 23.6 Å². The van der Waals surface area contributed by atoms with Gasteiger partial charge in [-0.2, -0.15) is 4.98 Å². The molecule has 0 aliphatic heterocycles. The maximum atomic E-state index is 12.2. The molecule has 1 fully saturated rings. The molecule has 1 aliphatic rings. The number of ether oxygens (including phenoxy) is 2. The lowest BCUT2D eigenvalue weighted by Gasteiger charge is -2.30. The summed E-state index contributed by atoms with van der Waals surface area (Å²) in [7, 11) is 1.53. The lowest BCUT2D eigenvalue weighted by molar-refractivity contribution is -0.127. The van der Waals surface area contributed by atoms with Crippen molar-refractivity contribution in [3.05, 3.63) is 17.2 Å². The SMILES string of the molecule is CCC(CC)(NC(=O)Oc1ccc(Cl)c(OCC2CC2)n1)C(=O)NC. The van der Waals surface area contributed by atoms with E-state index in [1.807, 2.05) is 13.8 Å². The molecule has 0 saturated heterocycles. The van der Waals surface area contributed by atoms with Crippen molar-refractivity contribution < 1.29 is 19.1 Å². The molecular formula is C17H24ClN3O4. The van der Waals surface area contributed by atoms with Crippen LogP contribution in [0.3, 0.4) is 0 Å². The number of aromatic nitrogens is 1. The Morgan fingerprint density at radius 3 is 2.56 bits per heavy atom. The molecule has 1 heterocycles. The average Bonchev–Trinajstić information content (AvgIpc) is 3.44. The van der Waals surface area contributed by atoms with Gasteiger partial charge in [-0.25, -0.2) is 4.79 Å². The monoisotopic (exact) mass is 369 g/mol. The summed E-state index contributed by atoms with van der Waals surface area (Å²) in [6.07, 6.45) is 2.40. The van der Waals surface area contributed by atoms with Gasteiger partial charge in [0.25, 0.3) is 0 Å². The molecule has 25 heavy (non-hydrogen) atoms. The zero-order valence-corrected chi connectivity index (χ0v) is 15.5. The molecule has 1 aliphatic carbocycles. The largest absolute Gasteiger partial charge is 0.476 e. The summed E-state index contributed by atoms with van der Waals surface area (Å²) in [6, 6.07) is 3.04. The van der Waals surface area contributed by atoms with E-state index in [4.69, 9.17) is 21.1 Å². The van der Waals surface area contributed by atoms with E-state index < -0.39 is 11.6 Å². The van der Waals surface area contributed by atoms with Gasteiger partial charge in [0.2, 0.25) is 17.7 Å². The van der Waals surface area contributed by atoms with E-state index in [1.165, 1.54) is 13.1 Å². The van der Waals surface area contributed by atoms with E-state index in [2.05, 4.69) is 15.6 Å². The fourth-order valence-corrected chi connectivity index (χ4v) is 2.57. The maximum Gasteiger partial charge on any atom is 0.414 e. The molecule has 0 radical (unpaired) electrons. The number of amides is 2. The minimum absolute atomic E-state index is 0.0608. The van der Waals surface area contributed by atoms with Crippen LogP contribution in [0.25, 0.3) is 0 Å². The number of hydrogen-bond donors (Lipinski definition) is 2. The number of nitrogens with zero attached hydrogens (tertiary/aromatic N) is 1. The van der Waals surface area contributed by atoms with Gasteiger partial charge in [-0.15, -0.1) is 0 Å². The van der Waals surface area contributed by atoms with Crippen LogP contribution in [0.4, 0.5) is 4.79 Å². The number of carbonyl (C=O) groups is 2. The fourth-order valence-electron chi connectivity index (χ4n) is 2.41. The Hall–Kier alpha value is -2.02.